The fraction of sp³-hybridized carbons (Fsp3) is 0.524. The third-order valence-corrected chi connectivity index (χ3v) is 6.15. The molecular weight excluding hydrogens is 386 g/mol. The summed E-state index contributed by atoms with van der Waals surface area (Å²) in [6.45, 7) is 2.93. The minimum Gasteiger partial charge on any atom is -0.497 e. The van der Waals surface area contributed by atoms with Crippen molar-refractivity contribution >= 4 is 17.7 Å². The van der Waals surface area contributed by atoms with Crippen molar-refractivity contribution in [1.29, 1.82) is 5.26 Å². The van der Waals surface area contributed by atoms with Crippen molar-refractivity contribution in [3.8, 4) is 23.2 Å². The average molecular weight is 414 g/mol. The van der Waals surface area contributed by atoms with Crippen LogP contribution < -0.4 is 10.1 Å². The van der Waals surface area contributed by atoms with E-state index in [1.165, 1.54) is 11.8 Å². The molecule has 1 amide bonds. The first-order valence-electron chi connectivity index (χ1n) is 10.0. The smallest absolute Gasteiger partial charge is 0.231 e. The van der Waals surface area contributed by atoms with Crippen molar-refractivity contribution in [3.05, 3.63) is 24.3 Å². The number of amides is 1. The Morgan fingerprint density at radius 3 is 2.66 bits per heavy atom. The van der Waals surface area contributed by atoms with Gasteiger partial charge in [-0.25, -0.2) is 0 Å². The highest BCUT2D eigenvalue weighted by molar-refractivity contribution is 7.99. The highest BCUT2D eigenvalue weighted by atomic mass is 32.2. The normalized spacial score (nSPS) is 15.1. The van der Waals surface area contributed by atoms with Gasteiger partial charge in [-0.1, -0.05) is 25.1 Å². The molecule has 1 aliphatic rings. The Bertz CT molecular complexity index is 866. The maximum Gasteiger partial charge on any atom is 0.231 e. The van der Waals surface area contributed by atoms with Gasteiger partial charge in [0.05, 0.1) is 18.9 Å². The summed E-state index contributed by atoms with van der Waals surface area (Å²) in [6.07, 6.45) is 5.48. The number of nitriles is 1. The van der Waals surface area contributed by atoms with Crippen LogP contribution in [0.3, 0.4) is 0 Å². The van der Waals surface area contributed by atoms with E-state index in [9.17, 15) is 10.1 Å². The summed E-state index contributed by atoms with van der Waals surface area (Å²) in [5, 5.41) is 21.8. The Balaban J connectivity index is 1.72. The van der Waals surface area contributed by atoms with Crippen LogP contribution in [0.4, 0.5) is 0 Å². The van der Waals surface area contributed by atoms with Crippen LogP contribution in [-0.2, 0) is 11.3 Å². The van der Waals surface area contributed by atoms with Crippen molar-refractivity contribution in [2.75, 3.05) is 12.9 Å². The molecule has 0 spiro atoms. The molecule has 0 atom stereocenters. The highest BCUT2D eigenvalue weighted by Gasteiger charge is 2.35. The minimum atomic E-state index is -0.693. The summed E-state index contributed by atoms with van der Waals surface area (Å²) >= 11 is 1.36. The van der Waals surface area contributed by atoms with E-state index in [-0.39, 0.29) is 11.7 Å². The highest BCUT2D eigenvalue weighted by Crippen LogP contribution is 2.30. The fourth-order valence-corrected chi connectivity index (χ4v) is 4.31. The van der Waals surface area contributed by atoms with Crippen LogP contribution in [0, 0.1) is 11.3 Å². The van der Waals surface area contributed by atoms with Gasteiger partial charge in [0, 0.05) is 12.1 Å². The Morgan fingerprint density at radius 2 is 2.03 bits per heavy atom. The molecule has 0 unspecified atom stereocenters. The van der Waals surface area contributed by atoms with Crippen molar-refractivity contribution in [2.24, 2.45) is 0 Å². The monoisotopic (exact) mass is 413 g/mol. The lowest BCUT2D eigenvalue weighted by atomic mass is 10.0. The Hall–Kier alpha value is -2.53. The van der Waals surface area contributed by atoms with E-state index >= 15 is 0 Å². The molecule has 1 aliphatic carbocycles. The van der Waals surface area contributed by atoms with Crippen molar-refractivity contribution in [3.63, 3.8) is 0 Å². The number of benzene rings is 1. The third kappa shape index (κ3) is 5.10. The van der Waals surface area contributed by atoms with E-state index in [0.717, 1.165) is 67.4 Å². The molecule has 154 valence electrons. The lowest BCUT2D eigenvalue weighted by Crippen LogP contribution is -2.45. The van der Waals surface area contributed by atoms with E-state index in [0.29, 0.717) is 0 Å². The summed E-state index contributed by atoms with van der Waals surface area (Å²) in [5.74, 6) is 1.66. The van der Waals surface area contributed by atoms with Gasteiger partial charge >= 0.3 is 0 Å². The minimum absolute atomic E-state index is 0.130. The Morgan fingerprint density at radius 1 is 1.31 bits per heavy atom. The molecule has 1 aromatic heterocycles. The molecule has 3 rings (SSSR count). The molecule has 1 heterocycles. The van der Waals surface area contributed by atoms with Gasteiger partial charge in [0.25, 0.3) is 0 Å². The summed E-state index contributed by atoms with van der Waals surface area (Å²) in [4.78, 5) is 12.5. The number of unbranched alkanes of at least 4 members (excludes halogenated alkanes) is 1. The zero-order valence-electron chi connectivity index (χ0n) is 17.0. The zero-order chi connectivity index (χ0) is 20.7. The number of nitrogens with zero attached hydrogens (tertiary/aromatic N) is 4. The van der Waals surface area contributed by atoms with Gasteiger partial charge in [-0.15, -0.1) is 10.2 Å². The predicted octanol–water partition coefficient (Wildman–Crippen LogP) is 3.80. The lowest BCUT2D eigenvalue weighted by molar-refractivity contribution is -0.119. The van der Waals surface area contributed by atoms with E-state index in [1.807, 2.05) is 24.3 Å². The quantitative estimate of drug-likeness (QED) is 0.629. The second kappa shape index (κ2) is 9.79. The summed E-state index contributed by atoms with van der Waals surface area (Å²) in [7, 11) is 1.64. The number of hydrogen-bond donors (Lipinski definition) is 1. The topological polar surface area (TPSA) is 92.8 Å². The van der Waals surface area contributed by atoms with E-state index in [4.69, 9.17) is 4.74 Å². The first kappa shape index (κ1) is 21.2. The molecule has 0 aliphatic heterocycles. The van der Waals surface area contributed by atoms with Gasteiger partial charge in [-0.2, -0.15) is 5.26 Å². The number of carbonyl (C=O) groups excluding carboxylic acids is 1. The fourth-order valence-electron chi connectivity index (χ4n) is 3.54. The molecule has 1 aromatic carbocycles. The zero-order valence-corrected chi connectivity index (χ0v) is 17.8. The molecule has 29 heavy (non-hydrogen) atoms. The van der Waals surface area contributed by atoms with Crippen molar-refractivity contribution in [2.45, 2.75) is 62.7 Å². The molecule has 8 heteroatoms. The largest absolute Gasteiger partial charge is 0.497 e. The van der Waals surface area contributed by atoms with E-state index in [2.05, 4.69) is 33.1 Å². The number of rotatable bonds is 9. The Kier molecular flexibility index (Phi) is 7.15. The molecule has 1 fully saturated rings. The number of carbonyl (C=O) groups is 1. The van der Waals surface area contributed by atoms with E-state index < -0.39 is 5.54 Å². The molecule has 1 N–H and O–H groups in total. The molecule has 1 saturated carbocycles. The predicted molar refractivity (Wildman–Crippen MR) is 113 cm³/mol. The number of aromatic nitrogens is 3. The lowest BCUT2D eigenvalue weighted by Gasteiger charge is -2.21. The standard InChI is InChI=1S/C21H27N5O2S/c1-3-4-13-26-19(16-7-9-17(28-2)10-8-16)24-25-20(26)29-14-18(27)23-21(15-22)11-5-6-12-21/h7-10H,3-6,11-14H2,1-2H3,(H,23,27). The van der Waals surface area contributed by atoms with Crippen molar-refractivity contribution < 1.29 is 9.53 Å². The summed E-state index contributed by atoms with van der Waals surface area (Å²) < 4.78 is 7.30. The molecular formula is C21H27N5O2S. The second-order valence-corrected chi connectivity index (χ2v) is 8.22. The molecule has 0 bridgehead atoms. The van der Waals surface area contributed by atoms with Crippen LogP contribution in [0.25, 0.3) is 11.4 Å². The third-order valence-electron chi connectivity index (χ3n) is 5.18. The molecule has 0 saturated heterocycles. The number of nitrogens with one attached hydrogen (secondary N) is 1. The van der Waals surface area contributed by atoms with Gasteiger partial charge in [-0.05, 0) is 56.4 Å². The number of thioether (sulfide) groups is 1. The van der Waals surface area contributed by atoms with Crippen LogP contribution in [0.15, 0.2) is 29.4 Å². The first-order valence-corrected chi connectivity index (χ1v) is 11.0. The van der Waals surface area contributed by atoms with Gasteiger partial charge in [0.2, 0.25) is 5.91 Å². The maximum atomic E-state index is 12.5. The summed E-state index contributed by atoms with van der Waals surface area (Å²) in [5.41, 5.74) is 0.266. The van der Waals surface area contributed by atoms with Crippen LogP contribution in [0.1, 0.15) is 45.4 Å². The second-order valence-electron chi connectivity index (χ2n) is 7.28. The van der Waals surface area contributed by atoms with Crippen LogP contribution in [-0.4, -0.2) is 39.1 Å². The maximum absolute atomic E-state index is 12.5. The van der Waals surface area contributed by atoms with Crippen LogP contribution >= 0.6 is 11.8 Å². The molecule has 2 aromatic rings. The van der Waals surface area contributed by atoms with Gasteiger partial charge in [0.1, 0.15) is 11.3 Å². The average Bonchev–Trinajstić information content (AvgIpc) is 3.38. The van der Waals surface area contributed by atoms with Crippen molar-refractivity contribution in [1.82, 2.24) is 20.1 Å². The first-order chi connectivity index (χ1) is 14.1. The molecule has 0 radical (unpaired) electrons. The SMILES string of the molecule is CCCCn1c(SCC(=O)NC2(C#N)CCCC2)nnc1-c1ccc(OC)cc1. The van der Waals surface area contributed by atoms with Crippen LogP contribution in [0.2, 0.25) is 0 Å². The van der Waals surface area contributed by atoms with Gasteiger partial charge in [-0.3, -0.25) is 4.79 Å². The number of methoxy groups -OCH3 is 1. The Labute approximate surface area is 175 Å². The van der Waals surface area contributed by atoms with E-state index in [1.54, 1.807) is 7.11 Å². The number of hydrogen-bond acceptors (Lipinski definition) is 6. The van der Waals surface area contributed by atoms with Gasteiger partial charge < -0.3 is 14.6 Å². The summed E-state index contributed by atoms with van der Waals surface area (Å²) in [6, 6.07) is 10.0. The molecule has 7 nitrogen and oxygen atoms in total. The van der Waals surface area contributed by atoms with Gasteiger partial charge in [0.15, 0.2) is 11.0 Å². The number of ether oxygens (including phenoxy) is 1. The van der Waals surface area contributed by atoms with Crippen LogP contribution in [0.5, 0.6) is 5.75 Å².